The van der Waals surface area contributed by atoms with Gasteiger partial charge in [-0.1, -0.05) is 77.3 Å². The van der Waals surface area contributed by atoms with Crippen molar-refractivity contribution in [1.82, 2.24) is 42.1 Å². The van der Waals surface area contributed by atoms with E-state index < -0.39 is 164 Å². The van der Waals surface area contributed by atoms with Gasteiger partial charge in [0.05, 0.1) is 25.9 Å². The second-order valence-corrected chi connectivity index (χ2v) is 19.3. The van der Waals surface area contributed by atoms with Crippen LogP contribution in [0.3, 0.4) is 0 Å². The molecule has 3 rings (SSSR count). The van der Waals surface area contributed by atoms with Gasteiger partial charge in [0.1, 0.15) is 48.0 Å². The molecule has 26 nitrogen and oxygen atoms in total. The molecule has 0 bridgehead atoms. The van der Waals surface area contributed by atoms with Gasteiger partial charge in [0.25, 0.3) is 0 Å². The summed E-state index contributed by atoms with van der Waals surface area (Å²) in [5, 5.41) is 37.3. The Bertz CT molecular complexity index is 2200. The molecule has 2 fully saturated rings. The van der Waals surface area contributed by atoms with Gasteiger partial charge in [0, 0.05) is 31.8 Å². The molecule has 1 aromatic carbocycles. The van der Waals surface area contributed by atoms with Crippen LogP contribution in [0.25, 0.3) is 0 Å². The van der Waals surface area contributed by atoms with Crippen molar-refractivity contribution in [3.63, 3.8) is 0 Å². The van der Waals surface area contributed by atoms with Crippen molar-refractivity contribution in [2.75, 3.05) is 13.2 Å². The van der Waals surface area contributed by atoms with E-state index in [1.54, 1.807) is 0 Å². The van der Waals surface area contributed by atoms with E-state index in [1.165, 1.54) is 24.3 Å². The molecule has 2 saturated heterocycles. The Hall–Kier alpha value is -7.38. The van der Waals surface area contributed by atoms with Gasteiger partial charge in [-0.15, -0.1) is 0 Å². The standard InChI is InChI=1S/C49H76N12O14/c1-3-27(2)11-8-6-4-5-7-9-12-29-22-42(68)55-33(23-39(51)65)44(70)57-32(21-28-14-16-30(63)17-15-28)43(69)58-34(24-40(52)66)45(71)56-31(18-19-38(50)64)49(75)61-20-10-13-37(61)48(74)59-35(25-41(53)67)46(72)60-36(26-62)47(73)54-29/h14-17,27,29,31-37,62-63H,3-13,18-26H2,1-2H3,(H2,50,64)(H2,51,65)(H2,52,66)(H2,53,67)(H,54,73)(H,55,68)(H,56,71)(H,57,70)(H,58,69)(H,59,74)(H,60,72). The highest BCUT2D eigenvalue weighted by atomic mass is 16.3. The normalized spacial score (nSPS) is 24.3. The van der Waals surface area contributed by atoms with E-state index in [1.807, 2.05) is 0 Å². The summed E-state index contributed by atoms with van der Waals surface area (Å²) in [4.78, 5) is 162. The van der Waals surface area contributed by atoms with Gasteiger partial charge < -0.3 is 75.3 Å². The van der Waals surface area contributed by atoms with Crippen LogP contribution in [0.15, 0.2) is 24.3 Å². The first-order valence-electron chi connectivity index (χ1n) is 25.5. The lowest BCUT2D eigenvalue weighted by Crippen LogP contribution is -2.60. The number of hydrogen-bond donors (Lipinski definition) is 13. The highest BCUT2D eigenvalue weighted by Gasteiger charge is 2.41. The predicted molar refractivity (Wildman–Crippen MR) is 268 cm³/mol. The fraction of sp³-hybridized carbons (Fsp3) is 0.633. The molecular formula is C49H76N12O14. The molecule has 0 saturated carbocycles. The lowest BCUT2D eigenvalue weighted by Gasteiger charge is -2.31. The molecule has 416 valence electrons. The molecule has 0 aliphatic carbocycles. The SMILES string of the molecule is CCC(C)CCCCCCCCC1CC(=O)NC(CC(N)=O)C(=O)NC(Cc2ccc(O)cc2)C(=O)NC(CC(N)=O)C(=O)NC(CCC(N)=O)C(=O)N2CCCC2C(=O)NC(CC(N)=O)C(=O)NC(CO)C(=O)N1. The molecule has 9 atom stereocenters. The number of fused-ring (bicyclic) bond motifs is 1. The molecule has 26 heteroatoms. The smallest absolute Gasteiger partial charge is 0.245 e. The number of unbranched alkanes of at least 4 members (excludes halogenated alkanes) is 5. The first-order valence-corrected chi connectivity index (χ1v) is 25.5. The van der Waals surface area contributed by atoms with E-state index in [0.717, 1.165) is 43.4 Å². The van der Waals surface area contributed by atoms with Gasteiger partial charge in [0.2, 0.25) is 70.9 Å². The Morgan fingerprint density at radius 1 is 0.600 bits per heavy atom. The number of phenolic OH excluding ortho intramolecular Hbond substituents is 1. The number of nitrogens with zero attached hydrogens (tertiary/aromatic N) is 1. The first kappa shape index (κ1) is 61.9. The number of amides is 12. The van der Waals surface area contributed by atoms with Crippen molar-refractivity contribution in [1.29, 1.82) is 0 Å². The number of aliphatic hydroxyl groups is 1. The average Bonchev–Trinajstić information content (AvgIpc) is 3.84. The third kappa shape index (κ3) is 21.9. The molecule has 9 unspecified atom stereocenters. The van der Waals surface area contributed by atoms with E-state index in [4.69, 9.17) is 22.9 Å². The average molecular weight is 1060 g/mol. The zero-order valence-corrected chi connectivity index (χ0v) is 42.7. The van der Waals surface area contributed by atoms with Crippen LogP contribution in [0.2, 0.25) is 0 Å². The largest absolute Gasteiger partial charge is 0.508 e. The van der Waals surface area contributed by atoms with Gasteiger partial charge in [0.15, 0.2) is 0 Å². The lowest BCUT2D eigenvalue weighted by atomic mass is 9.99. The van der Waals surface area contributed by atoms with Gasteiger partial charge in [-0.2, -0.15) is 0 Å². The number of primary amides is 4. The minimum atomic E-state index is -1.86. The molecule has 17 N–H and O–H groups in total. The van der Waals surface area contributed by atoms with Crippen molar-refractivity contribution in [3.05, 3.63) is 29.8 Å². The highest BCUT2D eigenvalue weighted by Crippen LogP contribution is 2.21. The van der Waals surface area contributed by atoms with Crippen molar-refractivity contribution in [2.45, 2.75) is 178 Å². The van der Waals surface area contributed by atoms with Crippen molar-refractivity contribution < 1.29 is 67.7 Å². The Labute approximate surface area is 435 Å². The number of benzene rings is 1. The van der Waals surface area contributed by atoms with Crippen molar-refractivity contribution >= 4 is 70.9 Å². The van der Waals surface area contributed by atoms with E-state index >= 15 is 0 Å². The van der Waals surface area contributed by atoms with Gasteiger partial charge >= 0.3 is 0 Å². The van der Waals surface area contributed by atoms with E-state index in [9.17, 15) is 67.7 Å². The Balaban J connectivity index is 2.12. The zero-order chi connectivity index (χ0) is 55.8. The minimum Gasteiger partial charge on any atom is -0.508 e. The molecule has 0 radical (unpaired) electrons. The molecular weight excluding hydrogens is 981 g/mol. The van der Waals surface area contributed by atoms with Crippen LogP contribution in [0.4, 0.5) is 0 Å². The van der Waals surface area contributed by atoms with Crippen LogP contribution >= 0.6 is 0 Å². The first-order chi connectivity index (χ1) is 35.5. The van der Waals surface area contributed by atoms with E-state index in [-0.39, 0.29) is 38.0 Å². The Morgan fingerprint density at radius 2 is 1.08 bits per heavy atom. The van der Waals surface area contributed by atoms with E-state index in [2.05, 4.69) is 51.1 Å². The molecule has 2 aliphatic heterocycles. The van der Waals surface area contributed by atoms with Crippen LogP contribution in [0.5, 0.6) is 5.75 Å². The molecule has 0 spiro atoms. The number of phenols is 1. The number of carbonyl (C=O) groups excluding carboxylic acids is 12. The number of nitrogens with two attached hydrogens (primary N) is 4. The number of nitrogens with one attached hydrogen (secondary N) is 7. The summed E-state index contributed by atoms with van der Waals surface area (Å²) in [5.41, 5.74) is 22.2. The minimum absolute atomic E-state index is 0.00262. The fourth-order valence-electron chi connectivity index (χ4n) is 8.71. The summed E-state index contributed by atoms with van der Waals surface area (Å²) in [6.07, 6.45) is 3.35. The summed E-state index contributed by atoms with van der Waals surface area (Å²) < 4.78 is 0. The van der Waals surface area contributed by atoms with Gasteiger partial charge in [-0.05, 0) is 49.3 Å². The number of hydrogen-bond acceptors (Lipinski definition) is 14. The zero-order valence-electron chi connectivity index (χ0n) is 42.7. The van der Waals surface area contributed by atoms with Crippen molar-refractivity contribution in [2.24, 2.45) is 28.9 Å². The lowest BCUT2D eigenvalue weighted by molar-refractivity contribution is -0.143. The summed E-state index contributed by atoms with van der Waals surface area (Å²) in [6, 6.07) is -7.36. The van der Waals surface area contributed by atoms with Crippen molar-refractivity contribution in [3.8, 4) is 5.75 Å². The molecule has 0 aromatic heterocycles. The topological polar surface area (TPSA) is 437 Å². The highest BCUT2D eigenvalue weighted by molar-refractivity contribution is 6.00. The Kier molecular flexibility index (Phi) is 25.9. The molecule has 2 aliphatic rings. The number of aliphatic hydroxyl groups excluding tert-OH is 1. The molecule has 75 heavy (non-hydrogen) atoms. The fourth-order valence-corrected chi connectivity index (χ4v) is 8.71. The van der Waals surface area contributed by atoms with Gasteiger partial charge in [-0.25, -0.2) is 0 Å². The molecule has 1 aromatic rings. The summed E-state index contributed by atoms with van der Waals surface area (Å²) in [5.74, 6) is -12.0. The van der Waals surface area contributed by atoms with E-state index in [0.29, 0.717) is 24.3 Å². The number of aromatic hydroxyl groups is 1. The van der Waals surface area contributed by atoms with Crippen LogP contribution < -0.4 is 60.2 Å². The number of rotatable bonds is 22. The second kappa shape index (κ2) is 31.4. The third-order valence-electron chi connectivity index (χ3n) is 13.1. The quantitative estimate of drug-likeness (QED) is 0.0509. The summed E-state index contributed by atoms with van der Waals surface area (Å²) >= 11 is 0. The monoisotopic (exact) mass is 1060 g/mol. The summed E-state index contributed by atoms with van der Waals surface area (Å²) in [7, 11) is 0. The van der Waals surface area contributed by atoms with Crippen LogP contribution in [0.1, 0.15) is 129 Å². The van der Waals surface area contributed by atoms with Crippen LogP contribution in [-0.2, 0) is 64.0 Å². The number of carbonyl (C=O) groups is 12. The maximum atomic E-state index is 14.3. The maximum absolute atomic E-state index is 14.3. The van der Waals surface area contributed by atoms with Crippen LogP contribution in [-0.4, -0.2) is 147 Å². The molecule has 12 amide bonds. The maximum Gasteiger partial charge on any atom is 0.245 e. The van der Waals surface area contributed by atoms with Gasteiger partial charge in [-0.3, -0.25) is 57.5 Å². The predicted octanol–water partition coefficient (Wildman–Crippen LogP) is -3.23. The summed E-state index contributed by atoms with van der Waals surface area (Å²) in [6.45, 7) is 3.24. The molecule has 2 heterocycles. The van der Waals surface area contributed by atoms with Crippen LogP contribution in [0, 0.1) is 5.92 Å². The third-order valence-corrected chi connectivity index (χ3v) is 13.1. The second-order valence-electron chi connectivity index (χ2n) is 19.3. The Morgan fingerprint density at radius 3 is 1.63 bits per heavy atom.